The van der Waals surface area contributed by atoms with Gasteiger partial charge in [-0.3, -0.25) is 0 Å². The number of hydrogen-bond acceptors (Lipinski definition) is 2. The molecule has 3 rings (SSSR count). The number of hydrogen-bond donors (Lipinski definition) is 0. The minimum atomic E-state index is 0.892. The van der Waals surface area contributed by atoms with Crippen molar-refractivity contribution in [2.24, 2.45) is 0 Å². The van der Waals surface area contributed by atoms with Gasteiger partial charge in [-0.25, -0.2) is 0 Å². The zero-order chi connectivity index (χ0) is 14.3. The molecule has 20 heavy (non-hydrogen) atoms. The van der Waals surface area contributed by atoms with E-state index in [-0.39, 0.29) is 0 Å². The number of methoxy groups -OCH3 is 2. The van der Waals surface area contributed by atoms with E-state index >= 15 is 0 Å². The summed E-state index contributed by atoms with van der Waals surface area (Å²) in [5, 5.41) is 4.93. The zero-order valence-corrected chi connectivity index (χ0v) is 12.3. The number of ether oxygens (including phenoxy) is 2. The molecule has 0 fully saturated rings. The predicted molar refractivity (Wildman–Crippen MR) is 84.0 cm³/mol. The first-order chi connectivity index (χ1) is 9.63. The Morgan fingerprint density at radius 2 is 1.00 bits per heavy atom. The van der Waals surface area contributed by atoms with Crippen molar-refractivity contribution in [3.05, 3.63) is 47.5 Å². The third kappa shape index (κ3) is 1.88. The molecule has 3 aromatic rings. The highest BCUT2D eigenvalue weighted by Gasteiger charge is 2.08. The molecule has 0 aliphatic heterocycles. The third-order valence-corrected chi connectivity index (χ3v) is 3.90. The monoisotopic (exact) mass is 266 g/mol. The molecule has 0 aliphatic rings. The molecular weight excluding hydrogens is 248 g/mol. The van der Waals surface area contributed by atoms with Crippen molar-refractivity contribution in [3.8, 4) is 11.5 Å². The van der Waals surface area contributed by atoms with Crippen LogP contribution < -0.4 is 9.47 Å². The Morgan fingerprint density at radius 1 is 0.600 bits per heavy atom. The average molecular weight is 266 g/mol. The van der Waals surface area contributed by atoms with Crippen LogP contribution in [0.25, 0.3) is 21.5 Å². The number of rotatable bonds is 2. The molecule has 2 heteroatoms. The molecule has 0 N–H and O–H groups in total. The van der Waals surface area contributed by atoms with E-state index in [1.54, 1.807) is 14.2 Å². The van der Waals surface area contributed by atoms with E-state index in [0.717, 1.165) is 11.5 Å². The van der Waals surface area contributed by atoms with Crippen LogP contribution in [0.15, 0.2) is 36.4 Å². The minimum absolute atomic E-state index is 0.892. The fourth-order valence-electron chi connectivity index (χ4n) is 2.82. The molecule has 0 saturated heterocycles. The van der Waals surface area contributed by atoms with E-state index in [9.17, 15) is 0 Å². The molecule has 0 aromatic heterocycles. The second-order valence-corrected chi connectivity index (χ2v) is 5.14. The van der Waals surface area contributed by atoms with Crippen molar-refractivity contribution < 1.29 is 9.47 Å². The summed E-state index contributed by atoms with van der Waals surface area (Å²) >= 11 is 0. The van der Waals surface area contributed by atoms with Crippen molar-refractivity contribution in [2.75, 3.05) is 14.2 Å². The Bertz CT molecular complexity index is 735. The highest BCUT2D eigenvalue weighted by Crippen LogP contribution is 2.34. The molecular formula is C18H18O2. The SMILES string of the molecule is COc1cc(C)c2ccc3c(C)cc(OC)cc3c2c1. The maximum absolute atomic E-state index is 5.41. The Labute approximate surface area is 118 Å². The lowest BCUT2D eigenvalue weighted by Crippen LogP contribution is -1.90. The summed E-state index contributed by atoms with van der Waals surface area (Å²) < 4.78 is 10.8. The molecule has 0 radical (unpaired) electrons. The van der Waals surface area contributed by atoms with Gasteiger partial charge in [-0.2, -0.15) is 0 Å². The van der Waals surface area contributed by atoms with Crippen LogP contribution in [0.5, 0.6) is 11.5 Å². The Morgan fingerprint density at radius 3 is 1.35 bits per heavy atom. The zero-order valence-electron chi connectivity index (χ0n) is 12.3. The lowest BCUT2D eigenvalue weighted by molar-refractivity contribution is 0.414. The van der Waals surface area contributed by atoms with Gasteiger partial charge in [-0.05, 0) is 70.8 Å². The first-order valence-electron chi connectivity index (χ1n) is 6.69. The number of aryl methyl sites for hydroxylation is 2. The number of benzene rings is 3. The van der Waals surface area contributed by atoms with Gasteiger partial charge in [0.05, 0.1) is 14.2 Å². The van der Waals surface area contributed by atoms with Crippen LogP contribution >= 0.6 is 0 Å². The second-order valence-electron chi connectivity index (χ2n) is 5.14. The Kier molecular flexibility index (Phi) is 3.01. The standard InChI is InChI=1S/C18H18O2/c1-11-7-13(19-3)9-17-15(11)5-6-16-12(2)8-14(20-4)10-18(16)17/h5-10H,1-4H3. The summed E-state index contributed by atoms with van der Waals surface area (Å²) in [4.78, 5) is 0. The maximum Gasteiger partial charge on any atom is 0.119 e. The van der Waals surface area contributed by atoms with Gasteiger partial charge in [0, 0.05) is 0 Å². The first kappa shape index (κ1) is 12.8. The maximum atomic E-state index is 5.41. The van der Waals surface area contributed by atoms with Gasteiger partial charge in [0.1, 0.15) is 11.5 Å². The van der Waals surface area contributed by atoms with Crippen LogP contribution in [0.3, 0.4) is 0 Å². The van der Waals surface area contributed by atoms with E-state index in [1.165, 1.54) is 32.7 Å². The molecule has 0 spiro atoms. The first-order valence-corrected chi connectivity index (χ1v) is 6.69. The summed E-state index contributed by atoms with van der Waals surface area (Å²) in [5.41, 5.74) is 2.45. The van der Waals surface area contributed by atoms with E-state index in [4.69, 9.17) is 9.47 Å². The topological polar surface area (TPSA) is 18.5 Å². The summed E-state index contributed by atoms with van der Waals surface area (Å²) in [7, 11) is 3.41. The predicted octanol–water partition coefficient (Wildman–Crippen LogP) is 4.63. The number of fused-ring (bicyclic) bond motifs is 3. The molecule has 0 aliphatic carbocycles. The second kappa shape index (κ2) is 4.71. The van der Waals surface area contributed by atoms with Gasteiger partial charge < -0.3 is 9.47 Å². The van der Waals surface area contributed by atoms with Crippen LogP contribution in [0.2, 0.25) is 0 Å². The molecule has 0 atom stereocenters. The lowest BCUT2D eigenvalue weighted by atomic mass is 9.96. The van der Waals surface area contributed by atoms with Crippen LogP contribution in [0.1, 0.15) is 11.1 Å². The van der Waals surface area contributed by atoms with Crippen molar-refractivity contribution in [1.29, 1.82) is 0 Å². The summed E-state index contributed by atoms with van der Waals surface area (Å²) in [6.45, 7) is 4.23. The molecule has 2 nitrogen and oxygen atoms in total. The minimum Gasteiger partial charge on any atom is -0.497 e. The normalized spacial score (nSPS) is 11.0. The molecule has 0 bridgehead atoms. The fourth-order valence-corrected chi connectivity index (χ4v) is 2.82. The van der Waals surface area contributed by atoms with Crippen molar-refractivity contribution >= 4 is 21.5 Å². The van der Waals surface area contributed by atoms with Crippen molar-refractivity contribution in [3.63, 3.8) is 0 Å². The van der Waals surface area contributed by atoms with Gasteiger partial charge in [0.2, 0.25) is 0 Å². The Balaban J connectivity index is 2.50. The van der Waals surface area contributed by atoms with Crippen LogP contribution in [-0.2, 0) is 0 Å². The summed E-state index contributed by atoms with van der Waals surface area (Å²) in [5.74, 6) is 1.78. The smallest absolute Gasteiger partial charge is 0.119 e. The van der Waals surface area contributed by atoms with Crippen molar-refractivity contribution in [1.82, 2.24) is 0 Å². The fraction of sp³-hybridized carbons (Fsp3) is 0.222. The van der Waals surface area contributed by atoms with E-state index < -0.39 is 0 Å². The van der Waals surface area contributed by atoms with Crippen molar-refractivity contribution in [2.45, 2.75) is 13.8 Å². The molecule has 3 aromatic carbocycles. The van der Waals surface area contributed by atoms with Gasteiger partial charge in [-0.1, -0.05) is 12.1 Å². The molecule has 0 amide bonds. The third-order valence-electron chi connectivity index (χ3n) is 3.90. The van der Waals surface area contributed by atoms with Gasteiger partial charge in [-0.15, -0.1) is 0 Å². The highest BCUT2D eigenvalue weighted by atomic mass is 16.5. The summed E-state index contributed by atoms with van der Waals surface area (Å²) in [6.07, 6.45) is 0. The lowest BCUT2D eigenvalue weighted by Gasteiger charge is -2.12. The van der Waals surface area contributed by atoms with Gasteiger partial charge >= 0.3 is 0 Å². The Hall–Kier alpha value is -2.22. The van der Waals surface area contributed by atoms with Gasteiger partial charge in [0.15, 0.2) is 0 Å². The largest absolute Gasteiger partial charge is 0.497 e. The van der Waals surface area contributed by atoms with Crippen LogP contribution in [0, 0.1) is 13.8 Å². The van der Waals surface area contributed by atoms with E-state index in [2.05, 4.69) is 50.2 Å². The van der Waals surface area contributed by atoms with Crippen LogP contribution in [-0.4, -0.2) is 14.2 Å². The molecule has 102 valence electrons. The molecule has 0 saturated carbocycles. The van der Waals surface area contributed by atoms with Gasteiger partial charge in [0.25, 0.3) is 0 Å². The quantitative estimate of drug-likeness (QED) is 0.630. The summed E-state index contributed by atoms with van der Waals surface area (Å²) in [6, 6.07) is 12.7. The molecule has 0 heterocycles. The van der Waals surface area contributed by atoms with E-state index in [1.807, 2.05) is 0 Å². The average Bonchev–Trinajstić information content (AvgIpc) is 2.46. The van der Waals surface area contributed by atoms with E-state index in [0.29, 0.717) is 0 Å². The molecule has 0 unspecified atom stereocenters. The van der Waals surface area contributed by atoms with Crippen LogP contribution in [0.4, 0.5) is 0 Å². The highest BCUT2D eigenvalue weighted by molar-refractivity contribution is 6.10.